The van der Waals surface area contributed by atoms with Crippen LogP contribution in [-0.4, -0.2) is 51.2 Å². The summed E-state index contributed by atoms with van der Waals surface area (Å²) < 4.78 is 0. The van der Waals surface area contributed by atoms with Crippen molar-refractivity contribution in [1.82, 2.24) is 10.2 Å². The third-order valence-electron chi connectivity index (χ3n) is 4.51. The summed E-state index contributed by atoms with van der Waals surface area (Å²) in [6.45, 7) is 7.00. The molecule has 3 nitrogen and oxygen atoms in total. The number of nitrogens with one attached hydrogen (secondary N) is 1. The molecule has 19 heavy (non-hydrogen) atoms. The Kier molecular flexibility index (Phi) is 4.04. The number of rotatable bonds is 2. The summed E-state index contributed by atoms with van der Waals surface area (Å²) in [5.41, 5.74) is 2.93. The van der Waals surface area contributed by atoms with E-state index in [1.165, 1.54) is 43.7 Å². The molecule has 1 aromatic rings. The summed E-state index contributed by atoms with van der Waals surface area (Å²) in [4.78, 5) is 4.94. The third-order valence-corrected chi connectivity index (χ3v) is 4.51. The maximum atomic E-state index is 3.52. The van der Waals surface area contributed by atoms with Gasteiger partial charge in [0.15, 0.2) is 0 Å². The van der Waals surface area contributed by atoms with Crippen molar-refractivity contribution in [3.8, 4) is 0 Å². The van der Waals surface area contributed by atoms with Gasteiger partial charge in [0, 0.05) is 38.4 Å². The van der Waals surface area contributed by atoms with Gasteiger partial charge < -0.3 is 15.1 Å². The molecule has 0 aliphatic carbocycles. The second-order valence-corrected chi connectivity index (χ2v) is 5.93. The van der Waals surface area contributed by atoms with Crippen molar-refractivity contribution in [3.63, 3.8) is 0 Å². The van der Waals surface area contributed by atoms with E-state index in [1.807, 2.05) is 0 Å². The van der Waals surface area contributed by atoms with Crippen LogP contribution >= 0.6 is 0 Å². The van der Waals surface area contributed by atoms with Crippen molar-refractivity contribution in [2.45, 2.75) is 18.8 Å². The summed E-state index contributed by atoms with van der Waals surface area (Å²) >= 11 is 0. The standard InChI is InChI=1S/C16H25N3/c1-18-8-10-19(11-9-18)16-6-2-4-14(12-16)15-5-3-7-17-13-15/h2,4,6,12,15,17H,3,5,7-11,13H2,1H3. The van der Waals surface area contributed by atoms with Crippen LogP contribution in [0.2, 0.25) is 0 Å². The van der Waals surface area contributed by atoms with Crippen molar-refractivity contribution >= 4 is 5.69 Å². The van der Waals surface area contributed by atoms with Gasteiger partial charge >= 0.3 is 0 Å². The van der Waals surface area contributed by atoms with Gasteiger partial charge in [-0.1, -0.05) is 12.1 Å². The van der Waals surface area contributed by atoms with Crippen LogP contribution in [0.1, 0.15) is 24.3 Å². The second-order valence-electron chi connectivity index (χ2n) is 5.93. The number of benzene rings is 1. The summed E-state index contributed by atoms with van der Waals surface area (Å²) in [5.74, 6) is 0.709. The van der Waals surface area contributed by atoms with Gasteiger partial charge in [-0.05, 0) is 50.0 Å². The van der Waals surface area contributed by atoms with Gasteiger partial charge in [-0.3, -0.25) is 0 Å². The van der Waals surface area contributed by atoms with E-state index in [2.05, 4.69) is 46.4 Å². The smallest absolute Gasteiger partial charge is 0.0369 e. The minimum Gasteiger partial charge on any atom is -0.369 e. The fourth-order valence-electron chi connectivity index (χ4n) is 3.18. The first-order chi connectivity index (χ1) is 9.33. The molecule has 1 N–H and O–H groups in total. The van der Waals surface area contributed by atoms with Crippen LogP contribution in [0.15, 0.2) is 24.3 Å². The van der Waals surface area contributed by atoms with Crippen molar-refractivity contribution in [2.24, 2.45) is 0 Å². The molecule has 0 amide bonds. The average molecular weight is 259 g/mol. The number of piperazine rings is 1. The van der Waals surface area contributed by atoms with E-state index < -0.39 is 0 Å². The van der Waals surface area contributed by atoms with Crippen LogP contribution < -0.4 is 10.2 Å². The molecule has 2 saturated heterocycles. The predicted octanol–water partition coefficient (Wildman–Crippen LogP) is 1.91. The average Bonchev–Trinajstić information content (AvgIpc) is 2.49. The van der Waals surface area contributed by atoms with Crippen molar-refractivity contribution in [1.29, 1.82) is 0 Å². The largest absolute Gasteiger partial charge is 0.369 e. The molecular formula is C16H25N3. The van der Waals surface area contributed by atoms with E-state index in [0.29, 0.717) is 5.92 Å². The summed E-state index contributed by atoms with van der Waals surface area (Å²) in [5, 5.41) is 3.52. The SMILES string of the molecule is CN1CCN(c2cccc(C3CCCNC3)c2)CC1. The molecule has 1 unspecified atom stereocenters. The van der Waals surface area contributed by atoms with Crippen LogP contribution in [0.4, 0.5) is 5.69 Å². The highest BCUT2D eigenvalue weighted by molar-refractivity contribution is 5.50. The summed E-state index contributed by atoms with van der Waals surface area (Å²) in [7, 11) is 2.21. The van der Waals surface area contributed by atoms with E-state index in [9.17, 15) is 0 Å². The minimum absolute atomic E-state index is 0.709. The molecule has 104 valence electrons. The predicted molar refractivity (Wildman–Crippen MR) is 81.0 cm³/mol. The highest BCUT2D eigenvalue weighted by Crippen LogP contribution is 2.27. The Morgan fingerprint density at radius 1 is 1.16 bits per heavy atom. The molecular weight excluding hydrogens is 234 g/mol. The Labute approximate surface area is 116 Å². The van der Waals surface area contributed by atoms with Crippen LogP contribution in [-0.2, 0) is 0 Å². The van der Waals surface area contributed by atoms with Crippen molar-refractivity contribution in [3.05, 3.63) is 29.8 Å². The van der Waals surface area contributed by atoms with E-state index >= 15 is 0 Å². The quantitative estimate of drug-likeness (QED) is 0.875. The number of hydrogen-bond acceptors (Lipinski definition) is 3. The zero-order chi connectivity index (χ0) is 13.1. The molecule has 0 saturated carbocycles. The highest BCUT2D eigenvalue weighted by Gasteiger charge is 2.18. The molecule has 0 aromatic heterocycles. The molecule has 1 atom stereocenters. The molecule has 0 radical (unpaired) electrons. The summed E-state index contributed by atoms with van der Waals surface area (Å²) in [6, 6.07) is 9.23. The Bertz CT molecular complexity index is 404. The fraction of sp³-hybridized carbons (Fsp3) is 0.625. The molecule has 2 aliphatic heterocycles. The van der Waals surface area contributed by atoms with E-state index in [1.54, 1.807) is 0 Å². The first-order valence-electron chi connectivity index (χ1n) is 7.57. The Morgan fingerprint density at radius 2 is 2.00 bits per heavy atom. The molecule has 2 heterocycles. The van der Waals surface area contributed by atoms with Gasteiger partial charge in [0.2, 0.25) is 0 Å². The lowest BCUT2D eigenvalue weighted by Gasteiger charge is -2.34. The summed E-state index contributed by atoms with van der Waals surface area (Å²) in [6.07, 6.45) is 2.64. The lowest BCUT2D eigenvalue weighted by Crippen LogP contribution is -2.44. The normalized spacial score (nSPS) is 25.5. The maximum Gasteiger partial charge on any atom is 0.0369 e. The van der Waals surface area contributed by atoms with E-state index in [0.717, 1.165) is 19.6 Å². The van der Waals surface area contributed by atoms with Gasteiger partial charge in [-0.15, -0.1) is 0 Å². The van der Waals surface area contributed by atoms with Crippen LogP contribution in [0.3, 0.4) is 0 Å². The highest BCUT2D eigenvalue weighted by atomic mass is 15.2. The first kappa shape index (κ1) is 12.9. The molecule has 0 bridgehead atoms. The zero-order valence-corrected chi connectivity index (χ0v) is 11.9. The fourth-order valence-corrected chi connectivity index (χ4v) is 3.18. The number of piperidine rings is 1. The number of hydrogen-bond donors (Lipinski definition) is 1. The monoisotopic (exact) mass is 259 g/mol. The Balaban J connectivity index is 1.72. The molecule has 3 heteroatoms. The minimum atomic E-state index is 0.709. The van der Waals surface area contributed by atoms with Crippen LogP contribution in [0.25, 0.3) is 0 Å². The third kappa shape index (κ3) is 3.10. The molecule has 3 rings (SSSR count). The molecule has 1 aromatic carbocycles. The Hall–Kier alpha value is -1.06. The van der Waals surface area contributed by atoms with Crippen LogP contribution in [0, 0.1) is 0 Å². The lowest BCUT2D eigenvalue weighted by molar-refractivity contribution is 0.313. The Morgan fingerprint density at radius 3 is 2.74 bits per heavy atom. The number of likely N-dealkylation sites (N-methyl/N-ethyl adjacent to an activating group) is 1. The van der Waals surface area contributed by atoms with Crippen molar-refractivity contribution < 1.29 is 0 Å². The van der Waals surface area contributed by atoms with Crippen molar-refractivity contribution in [2.75, 3.05) is 51.2 Å². The lowest BCUT2D eigenvalue weighted by atomic mass is 9.91. The van der Waals surface area contributed by atoms with E-state index in [-0.39, 0.29) is 0 Å². The number of anilines is 1. The van der Waals surface area contributed by atoms with Gasteiger partial charge in [-0.2, -0.15) is 0 Å². The maximum absolute atomic E-state index is 3.52. The van der Waals surface area contributed by atoms with E-state index in [4.69, 9.17) is 0 Å². The van der Waals surface area contributed by atoms with Gasteiger partial charge in [0.1, 0.15) is 0 Å². The van der Waals surface area contributed by atoms with Gasteiger partial charge in [0.25, 0.3) is 0 Å². The first-order valence-corrected chi connectivity index (χ1v) is 7.57. The van der Waals surface area contributed by atoms with Crippen LogP contribution in [0.5, 0.6) is 0 Å². The molecule has 2 fully saturated rings. The van der Waals surface area contributed by atoms with Gasteiger partial charge in [0.05, 0.1) is 0 Å². The molecule has 0 spiro atoms. The topological polar surface area (TPSA) is 18.5 Å². The number of nitrogens with zero attached hydrogens (tertiary/aromatic N) is 2. The second kappa shape index (κ2) is 5.93. The zero-order valence-electron chi connectivity index (χ0n) is 11.9. The molecule has 2 aliphatic rings. The van der Waals surface area contributed by atoms with Gasteiger partial charge in [-0.25, -0.2) is 0 Å².